The van der Waals surface area contributed by atoms with Gasteiger partial charge in [-0.1, -0.05) is 0 Å². The molecule has 0 spiro atoms. The second-order valence-electron chi connectivity index (χ2n) is 5.36. The highest BCUT2D eigenvalue weighted by atomic mass is 15.2. The zero-order valence-corrected chi connectivity index (χ0v) is 9.79. The van der Waals surface area contributed by atoms with Crippen molar-refractivity contribution in [2.24, 2.45) is 5.41 Å². The summed E-state index contributed by atoms with van der Waals surface area (Å²) in [4.78, 5) is 2.58. The van der Waals surface area contributed by atoms with Crippen LogP contribution in [0.1, 0.15) is 33.1 Å². The summed E-state index contributed by atoms with van der Waals surface area (Å²) in [7, 11) is 0. The summed E-state index contributed by atoms with van der Waals surface area (Å²) < 4.78 is 0. The molecule has 15 heavy (non-hydrogen) atoms. The Hall–Kier alpha value is -0.590. The van der Waals surface area contributed by atoms with Crippen LogP contribution >= 0.6 is 0 Å². The smallest absolute Gasteiger partial charge is 0.0628 e. The first-order valence-corrected chi connectivity index (χ1v) is 6.00. The predicted octanol–water partition coefficient (Wildman–Crippen LogP) is 1.36. The summed E-state index contributed by atoms with van der Waals surface area (Å²) in [5, 5.41) is 12.3. The Balaban J connectivity index is 1.95. The van der Waals surface area contributed by atoms with Gasteiger partial charge in [-0.05, 0) is 32.1 Å². The Morgan fingerprint density at radius 2 is 1.93 bits per heavy atom. The number of hydrogen-bond donors (Lipinski definition) is 1. The molecule has 0 amide bonds. The average molecular weight is 207 g/mol. The van der Waals surface area contributed by atoms with Gasteiger partial charge in [-0.15, -0.1) is 0 Å². The van der Waals surface area contributed by atoms with Gasteiger partial charge in [-0.3, -0.25) is 4.90 Å². The number of nitrogens with zero attached hydrogens (tertiary/aromatic N) is 2. The second kappa shape index (κ2) is 4.11. The lowest BCUT2D eigenvalue weighted by atomic mass is 9.99. The SMILES string of the molecule is CC1CNCC(C)N1CC1(CC#N)CC1. The fourth-order valence-corrected chi connectivity index (χ4v) is 2.60. The van der Waals surface area contributed by atoms with Gasteiger partial charge < -0.3 is 5.32 Å². The molecule has 2 aliphatic rings. The van der Waals surface area contributed by atoms with E-state index in [0.29, 0.717) is 17.5 Å². The molecule has 2 fully saturated rings. The third-order valence-corrected chi connectivity index (χ3v) is 3.94. The number of nitrogens with one attached hydrogen (secondary N) is 1. The van der Waals surface area contributed by atoms with E-state index in [2.05, 4.69) is 30.1 Å². The summed E-state index contributed by atoms with van der Waals surface area (Å²) >= 11 is 0. The number of piperazine rings is 1. The van der Waals surface area contributed by atoms with Gasteiger partial charge in [0.05, 0.1) is 6.07 Å². The van der Waals surface area contributed by atoms with Crippen LogP contribution < -0.4 is 5.32 Å². The molecule has 1 aliphatic carbocycles. The van der Waals surface area contributed by atoms with Crippen LogP contribution in [0.15, 0.2) is 0 Å². The molecule has 1 saturated heterocycles. The van der Waals surface area contributed by atoms with E-state index in [-0.39, 0.29) is 0 Å². The maximum atomic E-state index is 8.82. The first kappa shape index (κ1) is 10.9. The van der Waals surface area contributed by atoms with Crippen molar-refractivity contribution in [3.63, 3.8) is 0 Å². The van der Waals surface area contributed by atoms with Gasteiger partial charge in [0.1, 0.15) is 0 Å². The van der Waals surface area contributed by atoms with Crippen LogP contribution in [0.5, 0.6) is 0 Å². The zero-order chi connectivity index (χ0) is 10.9. The summed E-state index contributed by atoms with van der Waals surface area (Å²) in [6.45, 7) is 7.88. The van der Waals surface area contributed by atoms with Gasteiger partial charge in [0.15, 0.2) is 0 Å². The lowest BCUT2D eigenvalue weighted by Gasteiger charge is -2.41. The first-order chi connectivity index (χ1) is 7.17. The molecular weight excluding hydrogens is 186 g/mol. The molecule has 1 saturated carbocycles. The van der Waals surface area contributed by atoms with Crippen LogP contribution in [0.3, 0.4) is 0 Å². The van der Waals surface area contributed by atoms with E-state index < -0.39 is 0 Å². The molecule has 1 aliphatic heterocycles. The highest BCUT2D eigenvalue weighted by molar-refractivity contribution is 5.02. The van der Waals surface area contributed by atoms with Crippen LogP contribution in [-0.4, -0.2) is 36.6 Å². The molecule has 0 radical (unpaired) electrons. The summed E-state index contributed by atoms with van der Waals surface area (Å²) in [6, 6.07) is 3.58. The predicted molar refractivity (Wildman–Crippen MR) is 60.4 cm³/mol. The molecule has 1 heterocycles. The monoisotopic (exact) mass is 207 g/mol. The largest absolute Gasteiger partial charge is 0.314 e. The van der Waals surface area contributed by atoms with Crippen molar-refractivity contribution in [1.29, 1.82) is 5.26 Å². The van der Waals surface area contributed by atoms with Crippen molar-refractivity contribution < 1.29 is 0 Å². The third-order valence-electron chi connectivity index (χ3n) is 3.94. The molecule has 0 aromatic carbocycles. The normalized spacial score (nSPS) is 34.7. The molecule has 2 rings (SSSR count). The maximum absolute atomic E-state index is 8.82. The molecule has 0 bridgehead atoms. The van der Waals surface area contributed by atoms with E-state index in [9.17, 15) is 0 Å². The van der Waals surface area contributed by atoms with Gasteiger partial charge >= 0.3 is 0 Å². The lowest BCUT2D eigenvalue weighted by Crippen LogP contribution is -2.56. The first-order valence-electron chi connectivity index (χ1n) is 6.00. The molecule has 3 heteroatoms. The number of rotatable bonds is 3. The standard InChI is InChI=1S/C12H21N3/c1-10-7-14-8-11(2)15(10)9-12(3-4-12)5-6-13/h10-11,14H,3-5,7-9H2,1-2H3. The van der Waals surface area contributed by atoms with Crippen molar-refractivity contribution >= 4 is 0 Å². The van der Waals surface area contributed by atoms with Crippen molar-refractivity contribution in [1.82, 2.24) is 10.2 Å². The topological polar surface area (TPSA) is 39.1 Å². The van der Waals surface area contributed by atoms with Gasteiger partial charge in [-0.2, -0.15) is 5.26 Å². The van der Waals surface area contributed by atoms with Crippen LogP contribution in [0.2, 0.25) is 0 Å². The molecule has 0 aromatic heterocycles. The fraction of sp³-hybridized carbons (Fsp3) is 0.917. The van der Waals surface area contributed by atoms with E-state index in [4.69, 9.17) is 5.26 Å². The van der Waals surface area contributed by atoms with Gasteiger partial charge in [0.25, 0.3) is 0 Å². The van der Waals surface area contributed by atoms with Gasteiger partial charge in [-0.25, -0.2) is 0 Å². The summed E-state index contributed by atoms with van der Waals surface area (Å²) in [5.74, 6) is 0. The van der Waals surface area contributed by atoms with Crippen LogP contribution in [0.4, 0.5) is 0 Å². The lowest BCUT2D eigenvalue weighted by molar-refractivity contribution is 0.0909. The number of hydrogen-bond acceptors (Lipinski definition) is 3. The summed E-state index contributed by atoms with van der Waals surface area (Å²) in [6.07, 6.45) is 3.25. The zero-order valence-electron chi connectivity index (χ0n) is 9.79. The molecule has 0 aromatic rings. The van der Waals surface area contributed by atoms with Crippen molar-refractivity contribution in [3.05, 3.63) is 0 Å². The highest BCUT2D eigenvalue weighted by Gasteiger charge is 2.45. The molecule has 3 nitrogen and oxygen atoms in total. The molecule has 84 valence electrons. The van der Waals surface area contributed by atoms with E-state index in [1.807, 2.05) is 0 Å². The Morgan fingerprint density at radius 3 is 2.40 bits per heavy atom. The van der Waals surface area contributed by atoms with Crippen molar-refractivity contribution in [3.8, 4) is 6.07 Å². The average Bonchev–Trinajstić information content (AvgIpc) is 2.93. The van der Waals surface area contributed by atoms with E-state index >= 15 is 0 Å². The Morgan fingerprint density at radius 1 is 1.33 bits per heavy atom. The van der Waals surface area contributed by atoms with E-state index in [1.165, 1.54) is 12.8 Å². The van der Waals surface area contributed by atoms with Crippen LogP contribution in [0.25, 0.3) is 0 Å². The van der Waals surface area contributed by atoms with Crippen molar-refractivity contribution in [2.45, 2.75) is 45.2 Å². The Bertz CT molecular complexity index is 255. The maximum Gasteiger partial charge on any atom is 0.0628 e. The number of nitriles is 1. The third kappa shape index (κ3) is 2.32. The summed E-state index contributed by atoms with van der Waals surface area (Å²) in [5.41, 5.74) is 0.356. The van der Waals surface area contributed by atoms with Crippen LogP contribution in [0, 0.1) is 16.7 Å². The van der Waals surface area contributed by atoms with E-state index in [0.717, 1.165) is 26.1 Å². The Labute approximate surface area is 92.4 Å². The molecule has 2 atom stereocenters. The molecular formula is C12H21N3. The van der Waals surface area contributed by atoms with Crippen molar-refractivity contribution in [2.75, 3.05) is 19.6 Å². The van der Waals surface area contributed by atoms with Gasteiger partial charge in [0.2, 0.25) is 0 Å². The molecule has 2 unspecified atom stereocenters. The van der Waals surface area contributed by atoms with E-state index in [1.54, 1.807) is 0 Å². The van der Waals surface area contributed by atoms with Gasteiger partial charge in [0, 0.05) is 38.1 Å². The minimum absolute atomic E-state index is 0.356. The minimum Gasteiger partial charge on any atom is -0.314 e. The fourth-order valence-electron chi connectivity index (χ4n) is 2.60. The Kier molecular flexibility index (Phi) is 2.99. The highest BCUT2D eigenvalue weighted by Crippen LogP contribution is 2.49. The van der Waals surface area contributed by atoms with Crippen LogP contribution in [-0.2, 0) is 0 Å². The minimum atomic E-state index is 0.356. The molecule has 1 N–H and O–H groups in total. The quantitative estimate of drug-likeness (QED) is 0.759. The second-order valence-corrected chi connectivity index (χ2v) is 5.36.